The molecule has 114 valence electrons. The van der Waals surface area contributed by atoms with Gasteiger partial charge < -0.3 is 15.0 Å². The molecule has 0 unspecified atom stereocenters. The van der Waals surface area contributed by atoms with E-state index in [0.717, 1.165) is 6.42 Å². The maximum absolute atomic E-state index is 13.5. The van der Waals surface area contributed by atoms with E-state index in [1.54, 1.807) is 19.1 Å². The molecule has 1 heterocycles. The monoisotopic (exact) mass is 294 g/mol. The summed E-state index contributed by atoms with van der Waals surface area (Å²) < 4.78 is 18.1. The number of halogens is 1. The molecular formula is C15H19FN2O3. The lowest BCUT2D eigenvalue weighted by Crippen LogP contribution is -2.43. The molecule has 6 heteroatoms. The molecule has 0 aromatic heterocycles. The summed E-state index contributed by atoms with van der Waals surface area (Å²) in [5, 5.41) is 2.70. The highest BCUT2D eigenvalue weighted by Crippen LogP contribution is 2.20. The Balaban J connectivity index is 1.99. The SMILES string of the molecule is COC(=O)N1CCC[C@H](C(=O)Nc2ccc(C)c(F)c2)C1. The maximum Gasteiger partial charge on any atom is 0.409 e. The van der Waals surface area contributed by atoms with Crippen LogP contribution in [0.3, 0.4) is 0 Å². The van der Waals surface area contributed by atoms with E-state index in [4.69, 9.17) is 0 Å². The quantitative estimate of drug-likeness (QED) is 0.912. The Morgan fingerprint density at radius 2 is 2.19 bits per heavy atom. The molecule has 0 radical (unpaired) electrons. The second-order valence-corrected chi connectivity index (χ2v) is 5.21. The highest BCUT2D eigenvalue weighted by atomic mass is 19.1. The molecule has 5 nitrogen and oxygen atoms in total. The van der Waals surface area contributed by atoms with Gasteiger partial charge in [-0.15, -0.1) is 0 Å². The smallest absolute Gasteiger partial charge is 0.409 e. The molecule has 1 atom stereocenters. The normalized spacial score (nSPS) is 18.2. The molecule has 0 spiro atoms. The van der Waals surface area contributed by atoms with Gasteiger partial charge in [0.2, 0.25) is 5.91 Å². The van der Waals surface area contributed by atoms with E-state index >= 15 is 0 Å². The molecule has 0 bridgehead atoms. The standard InChI is InChI=1S/C15H19FN2O3/c1-10-5-6-12(8-13(10)16)17-14(19)11-4-3-7-18(9-11)15(20)21-2/h5-6,8,11H,3-4,7,9H2,1-2H3,(H,17,19)/t11-/m0/s1. The summed E-state index contributed by atoms with van der Waals surface area (Å²) in [6.45, 7) is 2.58. The van der Waals surface area contributed by atoms with Gasteiger partial charge in [0.25, 0.3) is 0 Å². The van der Waals surface area contributed by atoms with Gasteiger partial charge in [0.15, 0.2) is 0 Å². The van der Waals surface area contributed by atoms with Gasteiger partial charge in [0.05, 0.1) is 13.0 Å². The maximum atomic E-state index is 13.5. The second kappa shape index (κ2) is 6.56. The molecule has 2 amide bonds. The zero-order chi connectivity index (χ0) is 15.4. The van der Waals surface area contributed by atoms with Crippen molar-refractivity contribution in [1.29, 1.82) is 0 Å². The number of carbonyl (C=O) groups excluding carboxylic acids is 2. The first-order valence-corrected chi connectivity index (χ1v) is 6.91. The van der Waals surface area contributed by atoms with E-state index in [1.165, 1.54) is 18.1 Å². The number of hydrogen-bond acceptors (Lipinski definition) is 3. The Labute approximate surface area is 123 Å². The number of carbonyl (C=O) groups is 2. The Morgan fingerprint density at radius 1 is 1.43 bits per heavy atom. The summed E-state index contributed by atoms with van der Waals surface area (Å²) in [4.78, 5) is 25.2. The van der Waals surface area contributed by atoms with E-state index in [-0.39, 0.29) is 17.6 Å². The van der Waals surface area contributed by atoms with Crippen molar-refractivity contribution in [3.63, 3.8) is 0 Å². The number of nitrogens with one attached hydrogen (secondary N) is 1. The third kappa shape index (κ3) is 3.71. The highest BCUT2D eigenvalue weighted by molar-refractivity contribution is 5.93. The van der Waals surface area contributed by atoms with Crippen LogP contribution in [0.25, 0.3) is 0 Å². The van der Waals surface area contributed by atoms with E-state index in [0.29, 0.717) is 30.8 Å². The number of nitrogens with zero attached hydrogens (tertiary/aromatic N) is 1. The van der Waals surface area contributed by atoms with Crippen LogP contribution in [0.1, 0.15) is 18.4 Å². The molecule has 1 saturated heterocycles. The first kappa shape index (κ1) is 15.3. The van der Waals surface area contributed by atoms with Gasteiger partial charge in [-0.3, -0.25) is 4.79 Å². The van der Waals surface area contributed by atoms with Gasteiger partial charge >= 0.3 is 6.09 Å². The fourth-order valence-corrected chi connectivity index (χ4v) is 2.40. The number of benzene rings is 1. The molecule has 1 aromatic carbocycles. The summed E-state index contributed by atoms with van der Waals surface area (Å²) in [6.07, 6.45) is 1.03. The largest absolute Gasteiger partial charge is 0.453 e. The first-order valence-electron chi connectivity index (χ1n) is 6.91. The number of amides is 2. The topological polar surface area (TPSA) is 58.6 Å². The number of likely N-dealkylation sites (tertiary alicyclic amines) is 1. The van der Waals surface area contributed by atoms with Crippen molar-refractivity contribution in [2.45, 2.75) is 19.8 Å². The number of methoxy groups -OCH3 is 1. The Bertz CT molecular complexity index is 548. The van der Waals surface area contributed by atoms with Crippen LogP contribution in [0.15, 0.2) is 18.2 Å². The van der Waals surface area contributed by atoms with Crippen LogP contribution in [0.4, 0.5) is 14.9 Å². The minimum absolute atomic E-state index is 0.202. The molecule has 1 N–H and O–H groups in total. The summed E-state index contributed by atoms with van der Waals surface area (Å²) >= 11 is 0. The van der Waals surface area contributed by atoms with Crippen LogP contribution in [-0.2, 0) is 9.53 Å². The predicted octanol–water partition coefficient (Wildman–Crippen LogP) is 2.55. The van der Waals surface area contributed by atoms with Crippen LogP contribution in [0.5, 0.6) is 0 Å². The fraction of sp³-hybridized carbons (Fsp3) is 0.467. The van der Waals surface area contributed by atoms with Crippen LogP contribution in [0.2, 0.25) is 0 Å². The van der Waals surface area contributed by atoms with Gasteiger partial charge in [-0.1, -0.05) is 6.07 Å². The molecule has 1 aliphatic rings. The van der Waals surface area contributed by atoms with E-state index in [2.05, 4.69) is 10.1 Å². The van der Waals surface area contributed by atoms with E-state index in [9.17, 15) is 14.0 Å². The van der Waals surface area contributed by atoms with Crippen LogP contribution >= 0.6 is 0 Å². The van der Waals surface area contributed by atoms with Crippen molar-refractivity contribution in [3.8, 4) is 0 Å². The highest BCUT2D eigenvalue weighted by Gasteiger charge is 2.28. The zero-order valence-electron chi connectivity index (χ0n) is 12.2. The predicted molar refractivity (Wildman–Crippen MR) is 76.5 cm³/mol. The Hall–Kier alpha value is -2.11. The van der Waals surface area contributed by atoms with E-state index in [1.807, 2.05) is 0 Å². The number of rotatable bonds is 2. The van der Waals surface area contributed by atoms with Gasteiger partial charge in [-0.05, 0) is 37.5 Å². The second-order valence-electron chi connectivity index (χ2n) is 5.21. The van der Waals surface area contributed by atoms with Crippen molar-refractivity contribution in [3.05, 3.63) is 29.6 Å². The van der Waals surface area contributed by atoms with Gasteiger partial charge in [0.1, 0.15) is 5.82 Å². The molecule has 0 saturated carbocycles. The fourth-order valence-electron chi connectivity index (χ4n) is 2.40. The summed E-state index contributed by atoms with van der Waals surface area (Å²) in [6, 6.07) is 4.58. The van der Waals surface area contributed by atoms with Crippen molar-refractivity contribution in [1.82, 2.24) is 4.90 Å². The lowest BCUT2D eigenvalue weighted by Gasteiger charge is -2.30. The van der Waals surface area contributed by atoms with Gasteiger partial charge in [0, 0.05) is 18.8 Å². The molecular weight excluding hydrogens is 275 g/mol. The van der Waals surface area contributed by atoms with Crippen molar-refractivity contribution in [2.75, 3.05) is 25.5 Å². The average Bonchev–Trinajstić information content (AvgIpc) is 2.50. The number of hydrogen-bond donors (Lipinski definition) is 1. The summed E-state index contributed by atoms with van der Waals surface area (Å²) in [7, 11) is 1.32. The minimum atomic E-state index is -0.422. The summed E-state index contributed by atoms with van der Waals surface area (Å²) in [5.41, 5.74) is 0.959. The minimum Gasteiger partial charge on any atom is -0.453 e. The van der Waals surface area contributed by atoms with Gasteiger partial charge in [-0.2, -0.15) is 0 Å². The van der Waals surface area contributed by atoms with E-state index < -0.39 is 6.09 Å². The lowest BCUT2D eigenvalue weighted by atomic mass is 9.97. The Kier molecular flexibility index (Phi) is 4.77. The number of piperidine rings is 1. The van der Waals surface area contributed by atoms with Crippen LogP contribution < -0.4 is 5.32 Å². The molecule has 2 rings (SSSR count). The third-order valence-electron chi connectivity index (χ3n) is 3.66. The molecule has 1 fully saturated rings. The number of anilines is 1. The van der Waals surface area contributed by atoms with Crippen molar-refractivity contribution < 1.29 is 18.7 Å². The average molecular weight is 294 g/mol. The number of aryl methyl sites for hydroxylation is 1. The third-order valence-corrected chi connectivity index (χ3v) is 3.66. The molecule has 21 heavy (non-hydrogen) atoms. The first-order chi connectivity index (χ1) is 10.0. The lowest BCUT2D eigenvalue weighted by molar-refractivity contribution is -0.121. The van der Waals surface area contributed by atoms with Crippen molar-refractivity contribution >= 4 is 17.7 Å². The summed E-state index contributed by atoms with van der Waals surface area (Å²) in [5.74, 6) is -0.860. The van der Waals surface area contributed by atoms with Crippen molar-refractivity contribution in [2.24, 2.45) is 5.92 Å². The molecule has 1 aliphatic heterocycles. The molecule has 1 aromatic rings. The number of ether oxygens (including phenoxy) is 1. The zero-order valence-corrected chi connectivity index (χ0v) is 12.2. The Morgan fingerprint density at radius 3 is 2.86 bits per heavy atom. The van der Waals surface area contributed by atoms with Gasteiger partial charge in [-0.25, -0.2) is 9.18 Å². The van der Waals surface area contributed by atoms with Crippen LogP contribution in [-0.4, -0.2) is 37.1 Å². The molecule has 0 aliphatic carbocycles. The van der Waals surface area contributed by atoms with Crippen LogP contribution in [0, 0.1) is 18.7 Å².